The van der Waals surface area contributed by atoms with Crippen LogP contribution in [0.4, 0.5) is 5.69 Å². The molecule has 1 aliphatic heterocycles. The first-order valence-electron chi connectivity index (χ1n) is 8.76. The number of allylic oxidation sites excluding steroid dienone is 3. The molecule has 0 saturated heterocycles. The molecule has 3 nitrogen and oxygen atoms in total. The second-order valence-electron chi connectivity index (χ2n) is 6.54. The summed E-state index contributed by atoms with van der Waals surface area (Å²) in [6, 6.07) is 16.6. The number of nitrogens with two attached hydrogens (primary N) is 2. The van der Waals surface area contributed by atoms with E-state index in [4.69, 9.17) is 23.7 Å². The number of rotatable bonds is 4. The Hall–Kier alpha value is -2.85. The molecule has 0 bridgehead atoms. The second-order valence-corrected chi connectivity index (χ2v) is 6.88. The highest BCUT2D eigenvalue weighted by molar-refractivity contribution is 7.78. The van der Waals surface area contributed by atoms with E-state index in [9.17, 15) is 0 Å². The van der Waals surface area contributed by atoms with Crippen molar-refractivity contribution in [3.05, 3.63) is 88.1 Å². The number of anilines is 1. The van der Waals surface area contributed by atoms with Gasteiger partial charge in [0.1, 0.15) is 0 Å². The zero-order valence-corrected chi connectivity index (χ0v) is 15.3. The van der Waals surface area contributed by atoms with Crippen molar-refractivity contribution in [1.82, 2.24) is 4.90 Å². The van der Waals surface area contributed by atoms with Gasteiger partial charge < -0.3 is 16.4 Å². The van der Waals surface area contributed by atoms with E-state index in [0.717, 1.165) is 47.7 Å². The summed E-state index contributed by atoms with van der Waals surface area (Å²) in [7, 11) is 0. The molecule has 0 fully saturated rings. The molecule has 0 aromatic heterocycles. The summed E-state index contributed by atoms with van der Waals surface area (Å²) in [4.78, 5) is 2.34. The molecule has 0 unspecified atom stereocenters. The fourth-order valence-corrected chi connectivity index (χ4v) is 3.83. The summed E-state index contributed by atoms with van der Waals surface area (Å²) in [6.07, 6.45) is 5.79. The van der Waals surface area contributed by atoms with Gasteiger partial charge in [-0.05, 0) is 52.8 Å². The molecule has 4 heteroatoms. The molecule has 1 heterocycles. The molecular weight excluding hydrogens is 338 g/mol. The van der Waals surface area contributed by atoms with Gasteiger partial charge in [0, 0.05) is 28.8 Å². The molecule has 0 spiro atoms. The van der Waals surface area contributed by atoms with Crippen LogP contribution in [0.5, 0.6) is 0 Å². The lowest BCUT2D eigenvalue weighted by molar-refractivity contribution is 0.511. The molecule has 4 N–H and O–H groups in total. The van der Waals surface area contributed by atoms with Crippen molar-refractivity contribution in [3.8, 4) is 0 Å². The number of hydrogen-bond donors (Lipinski definition) is 2. The third-order valence-corrected chi connectivity index (χ3v) is 5.09. The van der Waals surface area contributed by atoms with Gasteiger partial charge in [-0.3, -0.25) is 0 Å². The molecule has 2 aromatic rings. The van der Waals surface area contributed by atoms with Crippen LogP contribution in [-0.2, 0) is 0 Å². The summed E-state index contributed by atoms with van der Waals surface area (Å²) in [5, 5.41) is 4.19. The van der Waals surface area contributed by atoms with Crippen LogP contribution in [0.2, 0.25) is 0 Å². The van der Waals surface area contributed by atoms with E-state index in [0.29, 0.717) is 0 Å². The Labute approximate surface area is 158 Å². The zero-order valence-electron chi connectivity index (χ0n) is 14.5. The van der Waals surface area contributed by atoms with Crippen molar-refractivity contribution < 1.29 is 0 Å². The third kappa shape index (κ3) is 2.82. The molecule has 4 rings (SSSR count). The van der Waals surface area contributed by atoms with E-state index in [2.05, 4.69) is 53.5 Å². The van der Waals surface area contributed by atoms with Gasteiger partial charge in [-0.25, -0.2) is 0 Å². The molecule has 0 amide bonds. The minimum atomic E-state index is 0.769. The summed E-state index contributed by atoms with van der Waals surface area (Å²) in [5.41, 5.74) is 18.7. The van der Waals surface area contributed by atoms with Crippen molar-refractivity contribution in [3.63, 3.8) is 0 Å². The van der Waals surface area contributed by atoms with Crippen molar-refractivity contribution in [2.75, 3.05) is 12.3 Å². The van der Waals surface area contributed by atoms with Gasteiger partial charge >= 0.3 is 0 Å². The fraction of sp³-hybridized carbons (Fsp3) is 0.136. The average Bonchev–Trinajstić information content (AvgIpc) is 2.66. The Bertz CT molecular complexity index is 1050. The predicted octanol–water partition coefficient (Wildman–Crippen LogP) is 2.41. The van der Waals surface area contributed by atoms with E-state index in [1.807, 2.05) is 12.1 Å². The Kier molecular flexibility index (Phi) is 4.35. The Morgan fingerprint density at radius 1 is 1.04 bits per heavy atom. The molecule has 2 aliphatic rings. The van der Waals surface area contributed by atoms with Gasteiger partial charge in [0.2, 0.25) is 0 Å². The zero-order chi connectivity index (χ0) is 18.1. The molecule has 0 saturated carbocycles. The molecule has 130 valence electrons. The van der Waals surface area contributed by atoms with Gasteiger partial charge in [0.15, 0.2) is 0 Å². The minimum Gasteiger partial charge on any atom is -0.399 e. The number of benzene rings is 2. The summed E-state index contributed by atoms with van der Waals surface area (Å²) < 4.78 is 0. The number of hydrogen-bond acceptors (Lipinski definition) is 4. The molecule has 1 aliphatic carbocycles. The molecular formula is C22H21N3S. The first-order valence-corrected chi connectivity index (χ1v) is 9.23. The minimum absolute atomic E-state index is 0.769. The van der Waals surface area contributed by atoms with Gasteiger partial charge in [0.05, 0.1) is 5.70 Å². The maximum atomic E-state index is 6.15. The Morgan fingerprint density at radius 2 is 1.85 bits per heavy atom. The maximum Gasteiger partial charge on any atom is 0.0565 e. The van der Waals surface area contributed by atoms with Crippen LogP contribution in [0, 0.1) is 0 Å². The first kappa shape index (κ1) is 16.6. The lowest BCUT2D eigenvalue weighted by atomic mass is 9.91. The van der Waals surface area contributed by atoms with Crippen molar-refractivity contribution in [1.29, 1.82) is 0 Å². The lowest BCUT2D eigenvalue weighted by Gasteiger charge is -2.36. The van der Waals surface area contributed by atoms with Crippen LogP contribution < -0.4 is 21.9 Å². The smallest absolute Gasteiger partial charge is 0.0565 e. The van der Waals surface area contributed by atoms with E-state index in [-0.39, 0.29) is 0 Å². The van der Waals surface area contributed by atoms with Crippen LogP contribution >= 0.6 is 12.2 Å². The van der Waals surface area contributed by atoms with Crippen LogP contribution in [0.1, 0.15) is 18.4 Å². The van der Waals surface area contributed by atoms with Crippen molar-refractivity contribution in [2.24, 2.45) is 5.73 Å². The van der Waals surface area contributed by atoms with Crippen molar-refractivity contribution >= 4 is 34.5 Å². The van der Waals surface area contributed by atoms with Crippen LogP contribution in [-0.4, -0.2) is 16.8 Å². The molecule has 26 heavy (non-hydrogen) atoms. The number of nitrogens with zero attached hydrogens (tertiary/aromatic N) is 1. The largest absolute Gasteiger partial charge is 0.399 e. The van der Waals surface area contributed by atoms with Crippen LogP contribution in [0.25, 0.3) is 11.3 Å². The summed E-state index contributed by atoms with van der Waals surface area (Å²) in [5.74, 6) is 0. The maximum absolute atomic E-state index is 6.15. The van der Waals surface area contributed by atoms with E-state index in [1.165, 1.54) is 16.0 Å². The highest BCUT2D eigenvalue weighted by Crippen LogP contribution is 2.32. The van der Waals surface area contributed by atoms with Gasteiger partial charge in [0.25, 0.3) is 0 Å². The lowest BCUT2D eigenvalue weighted by Crippen LogP contribution is -2.43. The van der Waals surface area contributed by atoms with Gasteiger partial charge in [-0.15, -0.1) is 0 Å². The fourth-order valence-electron chi connectivity index (χ4n) is 3.73. The average molecular weight is 359 g/mol. The van der Waals surface area contributed by atoms with Crippen LogP contribution in [0.3, 0.4) is 0 Å². The normalized spacial score (nSPS) is 15.8. The van der Waals surface area contributed by atoms with Crippen LogP contribution in [0.15, 0.2) is 72.1 Å². The second kappa shape index (κ2) is 6.81. The molecule has 2 aromatic carbocycles. The van der Waals surface area contributed by atoms with Crippen molar-refractivity contribution in [2.45, 2.75) is 12.8 Å². The topological polar surface area (TPSA) is 55.3 Å². The van der Waals surface area contributed by atoms with Gasteiger partial charge in [-0.2, -0.15) is 0 Å². The standard InChI is InChI=1S/C22H21N3S/c23-16-7-9-18-19-10-8-17(24)14-21(19)25(11-4-12-26)22(20(18)13-16)15-5-2-1-3-6-15/h1-3,5-9,12-14H,4,10-11,23-24H2. The third-order valence-electron chi connectivity index (χ3n) is 4.86. The molecule has 0 atom stereocenters. The molecule has 0 radical (unpaired) electrons. The number of nitrogen functional groups attached to an aromatic ring is 1. The van der Waals surface area contributed by atoms with Gasteiger partial charge in [-0.1, -0.05) is 54.7 Å². The Balaban J connectivity index is 2.10. The van der Waals surface area contributed by atoms with E-state index in [1.54, 1.807) is 5.37 Å². The van der Waals surface area contributed by atoms with E-state index >= 15 is 0 Å². The highest BCUT2D eigenvalue weighted by atomic mass is 32.1. The highest BCUT2D eigenvalue weighted by Gasteiger charge is 2.26. The van der Waals surface area contributed by atoms with E-state index < -0.39 is 0 Å². The first-order chi connectivity index (χ1) is 12.7. The summed E-state index contributed by atoms with van der Waals surface area (Å²) in [6.45, 7) is 0.810. The SMILES string of the molecule is NC1=CCC2=c3ccc(N)cc3=C(c3ccccc3)N(CCC=S)C2=C1. The number of thiocarbonyl (C=S) groups is 1. The summed E-state index contributed by atoms with van der Waals surface area (Å²) >= 11 is 5.10. The predicted molar refractivity (Wildman–Crippen MR) is 112 cm³/mol. The Morgan fingerprint density at radius 3 is 2.62 bits per heavy atom. The quantitative estimate of drug-likeness (QED) is 0.650. The monoisotopic (exact) mass is 359 g/mol. The number of fused-ring (bicyclic) bond motifs is 2.